The van der Waals surface area contributed by atoms with Crippen LogP contribution >= 0.6 is 0 Å². The fraction of sp³-hybridized carbons (Fsp3) is 0.652. The Kier molecular flexibility index (Phi) is 5.70. The van der Waals surface area contributed by atoms with Crippen molar-refractivity contribution in [2.24, 2.45) is 5.92 Å². The number of anilines is 1. The maximum atomic E-state index is 12.3. The van der Waals surface area contributed by atoms with Gasteiger partial charge in [-0.25, -0.2) is 14.6 Å². The second-order valence-corrected chi connectivity index (χ2v) is 9.60. The molecule has 6 heteroatoms. The lowest BCUT2D eigenvalue weighted by Gasteiger charge is -2.34. The van der Waals surface area contributed by atoms with Gasteiger partial charge in [-0.1, -0.05) is 27.2 Å². The van der Waals surface area contributed by atoms with E-state index >= 15 is 0 Å². The fourth-order valence-corrected chi connectivity index (χ4v) is 4.50. The van der Waals surface area contributed by atoms with Crippen molar-refractivity contribution in [2.45, 2.75) is 77.7 Å². The van der Waals surface area contributed by atoms with E-state index in [1.165, 1.54) is 30.5 Å². The molecule has 2 aromatic rings. The highest BCUT2D eigenvalue weighted by atomic mass is 16.1. The SMILES string of the molecule is CC(C)(C)c1ccc(=O)n(CC2CCN(c3ncnc4c3CCCCC4)CC2)n1. The first-order chi connectivity index (χ1) is 13.9. The summed E-state index contributed by atoms with van der Waals surface area (Å²) < 4.78 is 1.68. The van der Waals surface area contributed by atoms with Crippen LogP contribution < -0.4 is 10.5 Å². The Morgan fingerprint density at radius 3 is 2.55 bits per heavy atom. The van der Waals surface area contributed by atoms with Crippen molar-refractivity contribution >= 4 is 5.82 Å². The Morgan fingerprint density at radius 1 is 1.03 bits per heavy atom. The third-order valence-electron chi connectivity index (χ3n) is 6.33. The van der Waals surface area contributed by atoms with Crippen molar-refractivity contribution in [1.82, 2.24) is 19.7 Å². The summed E-state index contributed by atoms with van der Waals surface area (Å²) in [5, 5.41) is 4.65. The molecule has 3 heterocycles. The van der Waals surface area contributed by atoms with Crippen LogP contribution in [0.2, 0.25) is 0 Å². The van der Waals surface area contributed by atoms with Gasteiger partial charge in [0.05, 0.1) is 5.69 Å². The van der Waals surface area contributed by atoms with E-state index in [0.717, 1.165) is 50.3 Å². The van der Waals surface area contributed by atoms with E-state index < -0.39 is 0 Å². The van der Waals surface area contributed by atoms with E-state index in [1.807, 2.05) is 6.07 Å². The zero-order valence-corrected chi connectivity index (χ0v) is 18.0. The highest BCUT2D eigenvalue weighted by Gasteiger charge is 2.25. The average molecular weight is 396 g/mol. The highest BCUT2D eigenvalue weighted by Crippen LogP contribution is 2.30. The van der Waals surface area contributed by atoms with Gasteiger partial charge in [-0.3, -0.25) is 4.79 Å². The minimum absolute atomic E-state index is 0.00143. The van der Waals surface area contributed by atoms with Gasteiger partial charge in [-0.05, 0) is 50.5 Å². The Bertz CT molecular complexity index is 906. The van der Waals surface area contributed by atoms with Crippen LogP contribution in [-0.4, -0.2) is 32.8 Å². The molecule has 0 unspecified atom stereocenters. The average Bonchev–Trinajstić information content (AvgIpc) is 2.95. The summed E-state index contributed by atoms with van der Waals surface area (Å²) >= 11 is 0. The summed E-state index contributed by atoms with van der Waals surface area (Å²) in [5.74, 6) is 1.63. The van der Waals surface area contributed by atoms with E-state index in [4.69, 9.17) is 0 Å². The number of fused-ring (bicyclic) bond motifs is 1. The van der Waals surface area contributed by atoms with E-state index in [1.54, 1.807) is 17.1 Å². The number of rotatable bonds is 3. The predicted octanol–water partition coefficient (Wildman–Crippen LogP) is 3.52. The monoisotopic (exact) mass is 395 g/mol. The van der Waals surface area contributed by atoms with Crippen molar-refractivity contribution in [1.29, 1.82) is 0 Å². The minimum Gasteiger partial charge on any atom is -0.356 e. The summed E-state index contributed by atoms with van der Waals surface area (Å²) in [6.07, 6.45) is 9.81. The van der Waals surface area contributed by atoms with E-state index in [0.29, 0.717) is 12.5 Å². The second-order valence-electron chi connectivity index (χ2n) is 9.60. The molecule has 2 aromatic heterocycles. The van der Waals surface area contributed by atoms with Crippen LogP contribution in [0.3, 0.4) is 0 Å². The van der Waals surface area contributed by atoms with Gasteiger partial charge in [0.25, 0.3) is 5.56 Å². The first-order valence-electron chi connectivity index (χ1n) is 11.1. The quantitative estimate of drug-likeness (QED) is 0.744. The maximum Gasteiger partial charge on any atom is 0.266 e. The lowest BCUT2D eigenvalue weighted by Crippen LogP contribution is -2.38. The Hall–Kier alpha value is -2.24. The first-order valence-corrected chi connectivity index (χ1v) is 11.1. The van der Waals surface area contributed by atoms with Crippen LogP contribution in [0.15, 0.2) is 23.3 Å². The molecule has 29 heavy (non-hydrogen) atoms. The van der Waals surface area contributed by atoms with Gasteiger partial charge < -0.3 is 4.90 Å². The largest absolute Gasteiger partial charge is 0.356 e. The Labute approximate surface area is 173 Å². The lowest BCUT2D eigenvalue weighted by molar-refractivity contribution is 0.329. The molecule has 2 aliphatic rings. The maximum absolute atomic E-state index is 12.3. The topological polar surface area (TPSA) is 63.9 Å². The smallest absolute Gasteiger partial charge is 0.266 e. The van der Waals surface area contributed by atoms with Crippen molar-refractivity contribution in [3.8, 4) is 0 Å². The van der Waals surface area contributed by atoms with Crippen LogP contribution in [0.1, 0.15) is 69.8 Å². The molecule has 0 spiro atoms. The van der Waals surface area contributed by atoms with E-state index in [2.05, 4.69) is 40.7 Å². The van der Waals surface area contributed by atoms with Crippen molar-refractivity contribution in [3.05, 3.63) is 45.8 Å². The molecule has 0 saturated carbocycles. The van der Waals surface area contributed by atoms with Crippen molar-refractivity contribution in [2.75, 3.05) is 18.0 Å². The molecule has 4 rings (SSSR count). The molecule has 0 atom stereocenters. The third-order valence-corrected chi connectivity index (χ3v) is 6.33. The van der Waals surface area contributed by atoms with Gasteiger partial charge >= 0.3 is 0 Å². The number of aryl methyl sites for hydroxylation is 1. The van der Waals surface area contributed by atoms with Gasteiger partial charge in [-0.2, -0.15) is 5.10 Å². The highest BCUT2D eigenvalue weighted by molar-refractivity contribution is 5.49. The van der Waals surface area contributed by atoms with Crippen LogP contribution in [0.4, 0.5) is 5.82 Å². The van der Waals surface area contributed by atoms with Crippen LogP contribution in [0, 0.1) is 5.92 Å². The van der Waals surface area contributed by atoms with E-state index in [-0.39, 0.29) is 11.0 Å². The molecular weight excluding hydrogens is 362 g/mol. The predicted molar refractivity (Wildman–Crippen MR) is 115 cm³/mol. The molecule has 0 bridgehead atoms. The van der Waals surface area contributed by atoms with Crippen LogP contribution in [0.25, 0.3) is 0 Å². The molecule has 0 N–H and O–H groups in total. The summed E-state index contributed by atoms with van der Waals surface area (Å²) in [6, 6.07) is 3.53. The summed E-state index contributed by atoms with van der Waals surface area (Å²) in [6.45, 7) is 9.08. The fourth-order valence-electron chi connectivity index (χ4n) is 4.50. The Morgan fingerprint density at radius 2 is 1.79 bits per heavy atom. The number of hydrogen-bond donors (Lipinski definition) is 0. The molecule has 1 saturated heterocycles. The number of hydrogen-bond acceptors (Lipinski definition) is 5. The van der Waals surface area contributed by atoms with Crippen molar-refractivity contribution in [3.63, 3.8) is 0 Å². The molecule has 0 amide bonds. The first kappa shape index (κ1) is 20.0. The van der Waals surface area contributed by atoms with Crippen LogP contribution in [0.5, 0.6) is 0 Å². The number of aromatic nitrogens is 4. The molecule has 6 nitrogen and oxygen atoms in total. The van der Waals surface area contributed by atoms with Gasteiger partial charge in [0.15, 0.2) is 0 Å². The zero-order valence-electron chi connectivity index (χ0n) is 18.0. The third kappa shape index (κ3) is 4.51. The summed E-state index contributed by atoms with van der Waals surface area (Å²) in [7, 11) is 0. The standard InChI is InChI=1S/C23H33N5O/c1-23(2,3)20-9-10-21(29)28(26-20)15-17-11-13-27(14-12-17)22-18-7-5-4-6-8-19(18)24-16-25-22/h9-10,16-17H,4-8,11-15H2,1-3H3. The minimum atomic E-state index is -0.0519. The zero-order chi connectivity index (χ0) is 20.4. The molecular formula is C23H33N5O. The summed E-state index contributed by atoms with van der Waals surface area (Å²) in [4.78, 5) is 24.0. The summed E-state index contributed by atoms with van der Waals surface area (Å²) in [5.41, 5.74) is 3.55. The Balaban J connectivity index is 1.44. The molecule has 156 valence electrons. The number of piperidine rings is 1. The van der Waals surface area contributed by atoms with Gasteiger partial charge in [0.2, 0.25) is 0 Å². The molecule has 1 fully saturated rings. The van der Waals surface area contributed by atoms with Crippen molar-refractivity contribution < 1.29 is 0 Å². The molecule has 1 aliphatic heterocycles. The van der Waals surface area contributed by atoms with Gasteiger partial charge in [0, 0.05) is 42.4 Å². The molecule has 1 aliphatic carbocycles. The normalized spacial score (nSPS) is 18.4. The molecule has 0 aromatic carbocycles. The lowest BCUT2D eigenvalue weighted by atomic mass is 9.92. The number of nitrogens with zero attached hydrogens (tertiary/aromatic N) is 5. The second kappa shape index (κ2) is 8.25. The van der Waals surface area contributed by atoms with Crippen LogP contribution in [-0.2, 0) is 24.8 Å². The van der Waals surface area contributed by atoms with E-state index in [9.17, 15) is 4.79 Å². The van der Waals surface area contributed by atoms with Gasteiger partial charge in [0.1, 0.15) is 12.1 Å². The van der Waals surface area contributed by atoms with Gasteiger partial charge in [-0.15, -0.1) is 0 Å². The molecule has 0 radical (unpaired) electrons.